The molecule has 18 heavy (non-hydrogen) atoms. The number of amides is 1. The first-order chi connectivity index (χ1) is 8.65. The van der Waals surface area contributed by atoms with Crippen molar-refractivity contribution in [2.24, 2.45) is 0 Å². The number of ether oxygens (including phenoxy) is 1. The van der Waals surface area contributed by atoms with Crippen LogP contribution in [0.2, 0.25) is 0 Å². The van der Waals surface area contributed by atoms with Crippen molar-refractivity contribution in [2.75, 3.05) is 6.54 Å². The summed E-state index contributed by atoms with van der Waals surface area (Å²) in [5.41, 5.74) is 0.393. The van der Waals surface area contributed by atoms with Crippen LogP contribution in [-0.2, 0) is 4.79 Å². The first kappa shape index (κ1) is 14.2. The normalized spacial score (nSPS) is 9.89. The molecular formula is C14H19NO3. The van der Waals surface area contributed by atoms with E-state index in [1.165, 1.54) is 6.92 Å². The molecule has 0 saturated carbocycles. The molecule has 0 spiro atoms. The van der Waals surface area contributed by atoms with Crippen molar-refractivity contribution in [1.82, 2.24) is 5.32 Å². The summed E-state index contributed by atoms with van der Waals surface area (Å²) in [6, 6.07) is 6.73. The van der Waals surface area contributed by atoms with Gasteiger partial charge in [0.2, 0.25) is 0 Å². The molecule has 0 aliphatic carbocycles. The average molecular weight is 249 g/mol. The summed E-state index contributed by atoms with van der Waals surface area (Å²) in [6.45, 7) is 4.06. The van der Waals surface area contributed by atoms with Crippen molar-refractivity contribution in [3.63, 3.8) is 0 Å². The summed E-state index contributed by atoms with van der Waals surface area (Å²) in [5, 5.41) is 2.82. The number of esters is 1. The fourth-order valence-electron chi connectivity index (χ4n) is 1.57. The Morgan fingerprint density at radius 2 is 1.94 bits per heavy atom. The lowest BCUT2D eigenvalue weighted by Crippen LogP contribution is -2.25. The van der Waals surface area contributed by atoms with Gasteiger partial charge in [-0.3, -0.25) is 9.59 Å². The molecule has 98 valence electrons. The van der Waals surface area contributed by atoms with Crippen LogP contribution in [0, 0.1) is 0 Å². The number of nitrogens with one attached hydrogen (secondary N) is 1. The third-order valence-corrected chi connectivity index (χ3v) is 2.45. The molecule has 4 nitrogen and oxygen atoms in total. The van der Waals surface area contributed by atoms with E-state index in [0.29, 0.717) is 17.9 Å². The summed E-state index contributed by atoms with van der Waals surface area (Å²) in [6.07, 6.45) is 3.16. The predicted molar refractivity (Wildman–Crippen MR) is 69.6 cm³/mol. The van der Waals surface area contributed by atoms with E-state index in [9.17, 15) is 9.59 Å². The molecule has 0 aliphatic heterocycles. The Hall–Kier alpha value is -1.84. The molecule has 0 saturated heterocycles. The molecular weight excluding hydrogens is 230 g/mol. The number of hydrogen-bond donors (Lipinski definition) is 1. The molecule has 0 heterocycles. The van der Waals surface area contributed by atoms with E-state index in [-0.39, 0.29) is 5.91 Å². The molecule has 0 atom stereocenters. The Morgan fingerprint density at radius 3 is 2.61 bits per heavy atom. The predicted octanol–water partition coefficient (Wildman–Crippen LogP) is 2.53. The van der Waals surface area contributed by atoms with Crippen LogP contribution < -0.4 is 10.1 Å². The van der Waals surface area contributed by atoms with Gasteiger partial charge in [-0.15, -0.1) is 0 Å². The van der Waals surface area contributed by atoms with Crippen molar-refractivity contribution < 1.29 is 14.3 Å². The highest BCUT2D eigenvalue weighted by Crippen LogP contribution is 2.17. The maximum atomic E-state index is 11.9. The van der Waals surface area contributed by atoms with Gasteiger partial charge in [-0.05, 0) is 18.6 Å². The fourth-order valence-corrected chi connectivity index (χ4v) is 1.57. The number of hydrogen-bond acceptors (Lipinski definition) is 3. The van der Waals surface area contributed by atoms with E-state index in [4.69, 9.17) is 4.74 Å². The standard InChI is InChI=1S/C14H19NO3/c1-3-4-7-10-15-14(17)12-8-5-6-9-13(12)18-11(2)16/h5-6,8-9H,3-4,7,10H2,1-2H3,(H,15,17). The molecule has 1 aromatic rings. The van der Waals surface area contributed by atoms with Crippen molar-refractivity contribution in [3.05, 3.63) is 29.8 Å². The van der Waals surface area contributed by atoms with Gasteiger partial charge in [0, 0.05) is 13.5 Å². The molecule has 0 fully saturated rings. The average Bonchev–Trinajstić information content (AvgIpc) is 2.34. The zero-order valence-corrected chi connectivity index (χ0v) is 10.9. The Morgan fingerprint density at radius 1 is 1.22 bits per heavy atom. The molecule has 1 amide bonds. The van der Waals surface area contributed by atoms with Crippen molar-refractivity contribution in [1.29, 1.82) is 0 Å². The van der Waals surface area contributed by atoms with E-state index in [2.05, 4.69) is 12.2 Å². The van der Waals surface area contributed by atoms with Gasteiger partial charge >= 0.3 is 5.97 Å². The summed E-state index contributed by atoms with van der Waals surface area (Å²) in [4.78, 5) is 22.8. The van der Waals surface area contributed by atoms with Crippen LogP contribution in [0.4, 0.5) is 0 Å². The van der Waals surface area contributed by atoms with E-state index < -0.39 is 5.97 Å². The largest absolute Gasteiger partial charge is 0.426 e. The smallest absolute Gasteiger partial charge is 0.308 e. The fraction of sp³-hybridized carbons (Fsp3) is 0.429. The second-order valence-corrected chi connectivity index (χ2v) is 4.05. The Kier molecular flexibility index (Phi) is 5.91. The van der Waals surface area contributed by atoms with Crippen LogP contribution in [0.15, 0.2) is 24.3 Å². The monoisotopic (exact) mass is 249 g/mol. The van der Waals surface area contributed by atoms with Gasteiger partial charge in [0.05, 0.1) is 5.56 Å². The molecule has 0 aromatic heterocycles. The first-order valence-corrected chi connectivity index (χ1v) is 6.20. The van der Waals surface area contributed by atoms with Crippen molar-refractivity contribution in [3.8, 4) is 5.75 Å². The van der Waals surface area contributed by atoms with Gasteiger partial charge in [-0.2, -0.15) is 0 Å². The van der Waals surface area contributed by atoms with Gasteiger partial charge < -0.3 is 10.1 Å². The Labute approximate surface area is 107 Å². The van der Waals surface area contributed by atoms with Crippen LogP contribution in [0.1, 0.15) is 43.5 Å². The third-order valence-electron chi connectivity index (χ3n) is 2.45. The second-order valence-electron chi connectivity index (χ2n) is 4.05. The quantitative estimate of drug-likeness (QED) is 0.479. The Balaban J connectivity index is 2.63. The maximum absolute atomic E-state index is 11.9. The minimum Gasteiger partial charge on any atom is -0.426 e. The lowest BCUT2D eigenvalue weighted by atomic mass is 10.2. The van der Waals surface area contributed by atoms with Crippen LogP contribution in [0.3, 0.4) is 0 Å². The number of carbonyl (C=O) groups is 2. The molecule has 1 N–H and O–H groups in total. The minimum absolute atomic E-state index is 0.206. The number of carbonyl (C=O) groups excluding carboxylic acids is 2. The van der Waals surface area contributed by atoms with E-state index in [1.807, 2.05) is 0 Å². The number of para-hydroxylation sites is 1. The topological polar surface area (TPSA) is 55.4 Å². The van der Waals surface area contributed by atoms with Gasteiger partial charge in [-0.25, -0.2) is 0 Å². The lowest BCUT2D eigenvalue weighted by molar-refractivity contribution is -0.131. The summed E-state index contributed by atoms with van der Waals surface area (Å²) >= 11 is 0. The summed E-state index contributed by atoms with van der Waals surface area (Å²) < 4.78 is 4.99. The Bertz CT molecular complexity index is 415. The number of rotatable bonds is 6. The number of benzene rings is 1. The highest BCUT2D eigenvalue weighted by Gasteiger charge is 2.12. The molecule has 4 heteroatoms. The molecule has 0 bridgehead atoms. The van der Waals surface area contributed by atoms with E-state index in [1.54, 1.807) is 24.3 Å². The molecule has 0 unspecified atom stereocenters. The van der Waals surface area contributed by atoms with Crippen LogP contribution in [0.5, 0.6) is 5.75 Å². The van der Waals surface area contributed by atoms with Crippen LogP contribution in [-0.4, -0.2) is 18.4 Å². The highest BCUT2D eigenvalue weighted by atomic mass is 16.5. The third kappa shape index (κ3) is 4.57. The first-order valence-electron chi connectivity index (χ1n) is 6.20. The zero-order valence-electron chi connectivity index (χ0n) is 10.9. The van der Waals surface area contributed by atoms with Crippen LogP contribution >= 0.6 is 0 Å². The maximum Gasteiger partial charge on any atom is 0.308 e. The lowest BCUT2D eigenvalue weighted by Gasteiger charge is -2.09. The second kappa shape index (κ2) is 7.48. The number of unbranched alkanes of at least 4 members (excludes halogenated alkanes) is 2. The van der Waals surface area contributed by atoms with Gasteiger partial charge in [0.15, 0.2) is 0 Å². The summed E-state index contributed by atoms with van der Waals surface area (Å²) in [7, 11) is 0. The van der Waals surface area contributed by atoms with E-state index >= 15 is 0 Å². The minimum atomic E-state index is -0.429. The molecule has 0 aliphatic rings. The van der Waals surface area contributed by atoms with Crippen LogP contribution in [0.25, 0.3) is 0 Å². The van der Waals surface area contributed by atoms with Crippen molar-refractivity contribution >= 4 is 11.9 Å². The van der Waals surface area contributed by atoms with Gasteiger partial charge in [0.25, 0.3) is 5.91 Å². The van der Waals surface area contributed by atoms with Gasteiger partial charge in [0.1, 0.15) is 5.75 Å². The molecule has 1 rings (SSSR count). The van der Waals surface area contributed by atoms with E-state index in [0.717, 1.165) is 19.3 Å². The molecule has 0 radical (unpaired) electrons. The van der Waals surface area contributed by atoms with Crippen molar-refractivity contribution in [2.45, 2.75) is 33.1 Å². The zero-order chi connectivity index (χ0) is 13.4. The summed E-state index contributed by atoms with van der Waals surface area (Å²) in [5.74, 6) is -0.331. The molecule has 1 aromatic carbocycles. The SMILES string of the molecule is CCCCCNC(=O)c1ccccc1OC(C)=O. The highest BCUT2D eigenvalue weighted by molar-refractivity contribution is 5.97. The van der Waals surface area contributed by atoms with Gasteiger partial charge in [-0.1, -0.05) is 31.9 Å².